The predicted molar refractivity (Wildman–Crippen MR) is 123 cm³/mol. The van der Waals surface area contributed by atoms with Crippen LogP contribution in [-0.2, 0) is 24.4 Å². The molecule has 172 valence electrons. The van der Waals surface area contributed by atoms with E-state index in [2.05, 4.69) is 10.3 Å². The first-order valence-corrected chi connectivity index (χ1v) is 10.5. The monoisotopic (exact) mass is 460 g/mol. The number of hydrogen-bond acceptors (Lipinski definition) is 5. The van der Waals surface area contributed by atoms with Crippen LogP contribution in [0.1, 0.15) is 11.1 Å². The van der Waals surface area contributed by atoms with Gasteiger partial charge in [-0.1, -0.05) is 36.4 Å². The molecule has 0 aliphatic heterocycles. The zero-order chi connectivity index (χ0) is 23.9. The molecule has 0 aliphatic carbocycles. The summed E-state index contributed by atoms with van der Waals surface area (Å²) in [5.41, 5.74) is 0.490. The summed E-state index contributed by atoms with van der Waals surface area (Å²) in [6, 6.07) is 19.5. The largest absolute Gasteiger partial charge is 0.439 e. The molecular weight excluding hydrogens is 439 g/mol. The van der Waals surface area contributed by atoms with Crippen LogP contribution in [0.3, 0.4) is 0 Å². The molecule has 0 saturated carbocycles. The molecular formula is C25H21FN4O4. The minimum absolute atomic E-state index is 0.155. The van der Waals surface area contributed by atoms with E-state index < -0.39 is 23.7 Å². The van der Waals surface area contributed by atoms with Crippen molar-refractivity contribution >= 4 is 5.91 Å². The number of nitrogens with one attached hydrogen (secondary N) is 1. The molecule has 0 radical (unpaired) electrons. The molecule has 0 fully saturated rings. The van der Waals surface area contributed by atoms with E-state index in [0.29, 0.717) is 23.7 Å². The molecule has 34 heavy (non-hydrogen) atoms. The van der Waals surface area contributed by atoms with Gasteiger partial charge in [0.1, 0.15) is 18.1 Å². The maximum absolute atomic E-state index is 13.0. The van der Waals surface area contributed by atoms with Crippen molar-refractivity contribution in [3.8, 4) is 11.6 Å². The Kier molecular flexibility index (Phi) is 6.92. The Balaban J connectivity index is 1.35. The van der Waals surface area contributed by atoms with Crippen LogP contribution in [0.15, 0.2) is 94.8 Å². The zero-order valence-corrected chi connectivity index (χ0v) is 18.1. The SMILES string of the molecule is O=C(Cn1c(=O)ccn(Cc2ccccc2)c1=O)NCc1ccc(Oc2ccc(F)cc2)nc1. The molecule has 9 heteroatoms. The Morgan fingerprint density at radius 2 is 1.71 bits per heavy atom. The van der Waals surface area contributed by atoms with Crippen LogP contribution in [0.25, 0.3) is 0 Å². The maximum Gasteiger partial charge on any atom is 0.331 e. The van der Waals surface area contributed by atoms with Crippen molar-refractivity contribution in [3.63, 3.8) is 0 Å². The topological polar surface area (TPSA) is 95.2 Å². The maximum atomic E-state index is 13.0. The van der Waals surface area contributed by atoms with Gasteiger partial charge in [-0.3, -0.25) is 18.7 Å². The molecule has 0 aliphatic rings. The Bertz CT molecular complexity index is 1380. The van der Waals surface area contributed by atoms with Gasteiger partial charge in [0.05, 0.1) is 6.54 Å². The van der Waals surface area contributed by atoms with Crippen LogP contribution in [0.5, 0.6) is 11.6 Å². The van der Waals surface area contributed by atoms with E-state index in [0.717, 1.165) is 10.1 Å². The number of benzene rings is 2. The van der Waals surface area contributed by atoms with Crippen LogP contribution >= 0.6 is 0 Å². The number of amides is 1. The minimum Gasteiger partial charge on any atom is -0.439 e. The van der Waals surface area contributed by atoms with Gasteiger partial charge in [0.25, 0.3) is 5.56 Å². The summed E-state index contributed by atoms with van der Waals surface area (Å²) in [5.74, 6) is -0.0831. The van der Waals surface area contributed by atoms with Gasteiger partial charge in [0.15, 0.2) is 0 Å². The summed E-state index contributed by atoms with van der Waals surface area (Å²) in [7, 11) is 0. The third kappa shape index (κ3) is 5.83. The molecule has 2 aromatic heterocycles. The van der Waals surface area contributed by atoms with Crippen molar-refractivity contribution in [3.05, 3.63) is 123 Å². The quantitative estimate of drug-likeness (QED) is 0.436. The molecule has 2 aromatic carbocycles. The second-order valence-corrected chi connectivity index (χ2v) is 7.47. The summed E-state index contributed by atoms with van der Waals surface area (Å²) >= 11 is 0. The Morgan fingerprint density at radius 1 is 0.941 bits per heavy atom. The van der Waals surface area contributed by atoms with E-state index in [-0.39, 0.29) is 12.4 Å². The fourth-order valence-corrected chi connectivity index (χ4v) is 3.20. The molecule has 8 nitrogen and oxygen atoms in total. The lowest BCUT2D eigenvalue weighted by molar-refractivity contribution is -0.121. The lowest BCUT2D eigenvalue weighted by atomic mass is 10.2. The predicted octanol–water partition coefficient (Wildman–Crippen LogP) is 2.70. The standard InChI is InChI=1S/C25H21FN4O4/c26-20-7-9-21(10-8-20)34-23-11-6-19(15-28-23)14-27-22(31)17-30-24(32)12-13-29(25(30)33)16-18-4-2-1-3-5-18/h1-13,15H,14,16-17H2,(H,27,31). The van der Waals surface area contributed by atoms with Crippen LogP contribution in [-0.4, -0.2) is 20.0 Å². The molecule has 1 amide bonds. The number of nitrogens with zero attached hydrogens (tertiary/aromatic N) is 3. The summed E-state index contributed by atoms with van der Waals surface area (Å²) in [6.07, 6.45) is 2.95. The second-order valence-electron chi connectivity index (χ2n) is 7.47. The number of pyridine rings is 1. The highest BCUT2D eigenvalue weighted by atomic mass is 19.1. The van der Waals surface area contributed by atoms with Gasteiger partial charge >= 0.3 is 5.69 Å². The van der Waals surface area contributed by atoms with Crippen molar-refractivity contribution in [1.29, 1.82) is 0 Å². The van der Waals surface area contributed by atoms with E-state index in [1.54, 1.807) is 12.1 Å². The van der Waals surface area contributed by atoms with Crippen molar-refractivity contribution < 1.29 is 13.9 Å². The third-order valence-electron chi connectivity index (χ3n) is 4.96. The molecule has 0 unspecified atom stereocenters. The van der Waals surface area contributed by atoms with Crippen molar-refractivity contribution in [1.82, 2.24) is 19.4 Å². The van der Waals surface area contributed by atoms with Crippen molar-refractivity contribution in [2.45, 2.75) is 19.6 Å². The molecule has 2 heterocycles. The molecule has 4 aromatic rings. The molecule has 4 rings (SSSR count). The van der Waals surface area contributed by atoms with Gasteiger partial charge in [0, 0.05) is 31.1 Å². The number of carbonyl (C=O) groups excluding carboxylic acids is 1. The number of ether oxygens (including phenoxy) is 1. The van der Waals surface area contributed by atoms with Crippen LogP contribution < -0.4 is 21.3 Å². The van der Waals surface area contributed by atoms with Gasteiger partial charge in [-0.25, -0.2) is 14.2 Å². The second kappa shape index (κ2) is 10.4. The highest BCUT2D eigenvalue weighted by Crippen LogP contribution is 2.19. The highest BCUT2D eigenvalue weighted by molar-refractivity contribution is 5.75. The Morgan fingerprint density at radius 3 is 2.41 bits per heavy atom. The average molecular weight is 460 g/mol. The zero-order valence-electron chi connectivity index (χ0n) is 18.1. The van der Waals surface area contributed by atoms with E-state index >= 15 is 0 Å². The normalized spacial score (nSPS) is 10.6. The van der Waals surface area contributed by atoms with E-state index in [9.17, 15) is 18.8 Å². The number of carbonyl (C=O) groups is 1. The van der Waals surface area contributed by atoms with E-state index in [4.69, 9.17) is 4.74 Å². The fourth-order valence-electron chi connectivity index (χ4n) is 3.20. The van der Waals surface area contributed by atoms with E-state index in [1.807, 2.05) is 30.3 Å². The average Bonchev–Trinajstić information content (AvgIpc) is 2.85. The number of aromatic nitrogens is 3. The Hall–Kier alpha value is -4.53. The van der Waals surface area contributed by atoms with E-state index in [1.165, 1.54) is 47.3 Å². The molecule has 0 atom stereocenters. The fraction of sp³-hybridized carbons (Fsp3) is 0.120. The first-order valence-electron chi connectivity index (χ1n) is 10.5. The number of rotatable bonds is 8. The first-order chi connectivity index (χ1) is 16.5. The van der Waals surface area contributed by atoms with Gasteiger partial charge in [-0.05, 0) is 35.4 Å². The van der Waals surface area contributed by atoms with Gasteiger partial charge in [0.2, 0.25) is 11.8 Å². The van der Waals surface area contributed by atoms with Gasteiger partial charge in [-0.15, -0.1) is 0 Å². The van der Waals surface area contributed by atoms with Gasteiger partial charge in [-0.2, -0.15) is 0 Å². The number of halogens is 1. The lowest BCUT2D eigenvalue weighted by Gasteiger charge is -2.11. The Labute approximate surface area is 193 Å². The highest BCUT2D eigenvalue weighted by Gasteiger charge is 2.11. The van der Waals surface area contributed by atoms with Crippen LogP contribution in [0.2, 0.25) is 0 Å². The van der Waals surface area contributed by atoms with Gasteiger partial charge < -0.3 is 10.1 Å². The summed E-state index contributed by atoms with van der Waals surface area (Å²) in [5, 5.41) is 2.68. The minimum atomic E-state index is -0.560. The molecule has 0 spiro atoms. The molecule has 0 saturated heterocycles. The summed E-state index contributed by atoms with van der Waals surface area (Å²) in [6.45, 7) is 0.0501. The summed E-state index contributed by atoms with van der Waals surface area (Å²) < 4.78 is 20.8. The third-order valence-corrected chi connectivity index (χ3v) is 4.96. The number of hydrogen-bond donors (Lipinski definition) is 1. The van der Waals surface area contributed by atoms with Crippen molar-refractivity contribution in [2.75, 3.05) is 0 Å². The molecule has 1 N–H and O–H groups in total. The first kappa shape index (κ1) is 22.7. The smallest absolute Gasteiger partial charge is 0.331 e. The lowest BCUT2D eigenvalue weighted by Crippen LogP contribution is -2.43. The van der Waals surface area contributed by atoms with Crippen molar-refractivity contribution in [2.24, 2.45) is 0 Å². The van der Waals surface area contributed by atoms with Crippen LogP contribution in [0, 0.1) is 5.82 Å². The summed E-state index contributed by atoms with van der Waals surface area (Å²) in [4.78, 5) is 41.5. The molecule has 0 bridgehead atoms. The van der Waals surface area contributed by atoms with Crippen LogP contribution in [0.4, 0.5) is 4.39 Å².